The van der Waals surface area contributed by atoms with Crippen LogP contribution in [-0.4, -0.2) is 9.55 Å². The van der Waals surface area contributed by atoms with Crippen LogP contribution in [0.2, 0.25) is 0 Å². The monoisotopic (exact) mass is 174 g/mol. The lowest BCUT2D eigenvalue weighted by molar-refractivity contribution is 1.10. The lowest BCUT2D eigenvalue weighted by Crippen LogP contribution is -1.86. The SMILES string of the molecule is C=Cc1nc(C(=C)C)cn1/C=C\C. The second-order valence-electron chi connectivity index (χ2n) is 2.86. The smallest absolute Gasteiger partial charge is 0.136 e. The van der Waals surface area contributed by atoms with Crippen LogP contribution < -0.4 is 0 Å². The molecular formula is C11H14N2. The molecule has 0 saturated heterocycles. The van der Waals surface area contributed by atoms with Crippen LogP contribution in [0.25, 0.3) is 17.8 Å². The minimum absolute atomic E-state index is 0.844. The maximum atomic E-state index is 4.34. The summed E-state index contributed by atoms with van der Waals surface area (Å²) in [6.07, 6.45) is 7.57. The summed E-state index contributed by atoms with van der Waals surface area (Å²) >= 11 is 0. The van der Waals surface area contributed by atoms with Gasteiger partial charge in [-0.15, -0.1) is 0 Å². The minimum atomic E-state index is 0.844. The van der Waals surface area contributed by atoms with E-state index in [1.54, 1.807) is 6.08 Å². The zero-order valence-corrected chi connectivity index (χ0v) is 8.12. The van der Waals surface area contributed by atoms with E-state index in [1.165, 1.54) is 0 Å². The van der Waals surface area contributed by atoms with Crippen LogP contribution in [0, 0.1) is 0 Å². The Morgan fingerprint density at radius 2 is 2.31 bits per heavy atom. The first-order valence-corrected chi connectivity index (χ1v) is 4.19. The van der Waals surface area contributed by atoms with E-state index in [0.29, 0.717) is 0 Å². The lowest BCUT2D eigenvalue weighted by Gasteiger charge is -1.93. The topological polar surface area (TPSA) is 17.8 Å². The zero-order chi connectivity index (χ0) is 9.84. The van der Waals surface area contributed by atoms with Crippen LogP contribution in [0.1, 0.15) is 25.4 Å². The van der Waals surface area contributed by atoms with Gasteiger partial charge in [0.25, 0.3) is 0 Å². The van der Waals surface area contributed by atoms with Gasteiger partial charge in [0.1, 0.15) is 5.82 Å². The molecule has 0 unspecified atom stereocenters. The van der Waals surface area contributed by atoms with Crippen molar-refractivity contribution in [2.75, 3.05) is 0 Å². The standard InChI is InChI=1S/C11H14N2/c1-5-7-13-8-10(9(3)4)12-11(13)6-2/h5-8H,2-3H2,1,4H3/b7-5-. The van der Waals surface area contributed by atoms with Crippen LogP contribution in [0.5, 0.6) is 0 Å². The minimum Gasteiger partial charge on any atom is -0.307 e. The third-order valence-electron chi connectivity index (χ3n) is 1.69. The van der Waals surface area contributed by atoms with Crippen molar-refractivity contribution < 1.29 is 0 Å². The van der Waals surface area contributed by atoms with Gasteiger partial charge in [-0.2, -0.15) is 0 Å². The first kappa shape index (κ1) is 9.52. The van der Waals surface area contributed by atoms with Crippen LogP contribution in [0.4, 0.5) is 0 Å². The summed E-state index contributed by atoms with van der Waals surface area (Å²) < 4.78 is 1.93. The normalized spacial score (nSPS) is 10.6. The molecule has 2 heteroatoms. The molecule has 68 valence electrons. The van der Waals surface area contributed by atoms with Gasteiger partial charge in [0.15, 0.2) is 0 Å². The van der Waals surface area contributed by atoms with Gasteiger partial charge in [-0.3, -0.25) is 0 Å². The molecule has 0 saturated carbocycles. The molecule has 0 amide bonds. The summed E-state index contributed by atoms with van der Waals surface area (Å²) in [6, 6.07) is 0. The van der Waals surface area contributed by atoms with E-state index in [-0.39, 0.29) is 0 Å². The molecule has 0 radical (unpaired) electrons. The third kappa shape index (κ3) is 1.96. The van der Waals surface area contributed by atoms with Crippen molar-refractivity contribution in [3.63, 3.8) is 0 Å². The summed E-state index contributed by atoms with van der Waals surface area (Å²) in [6.45, 7) is 11.4. The molecule has 2 nitrogen and oxygen atoms in total. The second kappa shape index (κ2) is 3.90. The average molecular weight is 174 g/mol. The molecule has 1 aromatic heterocycles. The fraction of sp³-hybridized carbons (Fsp3) is 0.182. The molecule has 0 fully saturated rings. The summed E-state index contributed by atoms with van der Waals surface area (Å²) in [7, 11) is 0. The number of rotatable bonds is 3. The molecule has 0 N–H and O–H groups in total. The van der Waals surface area contributed by atoms with Gasteiger partial charge in [-0.25, -0.2) is 4.98 Å². The van der Waals surface area contributed by atoms with Gasteiger partial charge in [-0.1, -0.05) is 19.2 Å². The molecule has 1 aromatic rings. The van der Waals surface area contributed by atoms with E-state index < -0.39 is 0 Å². The van der Waals surface area contributed by atoms with E-state index in [1.807, 2.05) is 36.9 Å². The molecule has 1 rings (SSSR count). The fourth-order valence-corrected chi connectivity index (χ4v) is 1.04. The van der Waals surface area contributed by atoms with Gasteiger partial charge in [0.2, 0.25) is 0 Å². The molecular weight excluding hydrogens is 160 g/mol. The Balaban J connectivity index is 3.18. The molecule has 0 aliphatic carbocycles. The Morgan fingerprint density at radius 3 is 2.77 bits per heavy atom. The Labute approximate surface area is 78.9 Å². The molecule has 0 aromatic carbocycles. The molecule has 0 bridgehead atoms. The predicted octanol–water partition coefficient (Wildman–Crippen LogP) is 3.05. The van der Waals surface area contributed by atoms with Crippen LogP contribution in [0.15, 0.2) is 25.4 Å². The maximum Gasteiger partial charge on any atom is 0.136 e. The summed E-state index contributed by atoms with van der Waals surface area (Å²) in [5.41, 5.74) is 1.87. The van der Waals surface area contributed by atoms with E-state index in [2.05, 4.69) is 18.1 Å². The lowest BCUT2D eigenvalue weighted by atomic mass is 10.3. The first-order valence-electron chi connectivity index (χ1n) is 4.19. The summed E-state index contributed by atoms with van der Waals surface area (Å²) in [5.74, 6) is 0.844. The van der Waals surface area contributed by atoms with E-state index in [9.17, 15) is 0 Å². The number of imidazole rings is 1. The van der Waals surface area contributed by atoms with Gasteiger partial charge >= 0.3 is 0 Å². The van der Waals surface area contributed by atoms with Crippen molar-refractivity contribution >= 4 is 17.8 Å². The van der Waals surface area contributed by atoms with Crippen molar-refractivity contribution in [1.29, 1.82) is 0 Å². The third-order valence-corrected chi connectivity index (χ3v) is 1.69. The van der Waals surface area contributed by atoms with Crippen molar-refractivity contribution in [3.8, 4) is 0 Å². The van der Waals surface area contributed by atoms with Gasteiger partial charge in [0, 0.05) is 12.4 Å². The second-order valence-corrected chi connectivity index (χ2v) is 2.86. The van der Waals surface area contributed by atoms with E-state index in [0.717, 1.165) is 17.1 Å². The highest BCUT2D eigenvalue weighted by Crippen LogP contribution is 2.12. The Morgan fingerprint density at radius 1 is 1.62 bits per heavy atom. The van der Waals surface area contributed by atoms with Crippen LogP contribution in [-0.2, 0) is 0 Å². The Hall–Kier alpha value is -1.57. The average Bonchev–Trinajstić information content (AvgIpc) is 2.48. The maximum absolute atomic E-state index is 4.34. The van der Waals surface area contributed by atoms with Gasteiger partial charge < -0.3 is 4.57 Å². The van der Waals surface area contributed by atoms with Crippen molar-refractivity contribution in [3.05, 3.63) is 36.9 Å². The van der Waals surface area contributed by atoms with Crippen molar-refractivity contribution in [2.24, 2.45) is 0 Å². The summed E-state index contributed by atoms with van der Waals surface area (Å²) in [4.78, 5) is 4.34. The Kier molecular flexibility index (Phi) is 2.85. The van der Waals surface area contributed by atoms with Gasteiger partial charge in [0.05, 0.1) is 5.69 Å². The molecule has 0 atom stereocenters. The highest BCUT2D eigenvalue weighted by molar-refractivity contribution is 5.60. The molecule has 0 aliphatic rings. The molecule has 13 heavy (non-hydrogen) atoms. The molecule has 0 aliphatic heterocycles. The predicted molar refractivity (Wildman–Crippen MR) is 58.0 cm³/mol. The first-order chi connectivity index (χ1) is 6.19. The summed E-state index contributed by atoms with van der Waals surface area (Å²) in [5, 5.41) is 0. The van der Waals surface area contributed by atoms with Crippen LogP contribution >= 0.6 is 0 Å². The molecule has 1 heterocycles. The highest BCUT2D eigenvalue weighted by Gasteiger charge is 2.02. The van der Waals surface area contributed by atoms with Crippen molar-refractivity contribution in [2.45, 2.75) is 13.8 Å². The van der Waals surface area contributed by atoms with Crippen LogP contribution in [0.3, 0.4) is 0 Å². The quantitative estimate of drug-likeness (QED) is 0.688. The number of hydrogen-bond donors (Lipinski definition) is 0. The highest BCUT2D eigenvalue weighted by atomic mass is 15.1. The number of aromatic nitrogens is 2. The molecule has 0 spiro atoms. The van der Waals surface area contributed by atoms with Gasteiger partial charge in [-0.05, 0) is 25.5 Å². The van der Waals surface area contributed by atoms with Crippen molar-refractivity contribution in [1.82, 2.24) is 9.55 Å². The largest absolute Gasteiger partial charge is 0.307 e. The zero-order valence-electron chi connectivity index (χ0n) is 8.12. The number of nitrogens with zero attached hydrogens (tertiary/aromatic N) is 2. The number of allylic oxidation sites excluding steroid dienone is 2. The Bertz CT molecular complexity index is 356. The fourth-order valence-electron chi connectivity index (χ4n) is 1.04. The number of hydrogen-bond acceptors (Lipinski definition) is 1. The van der Waals surface area contributed by atoms with E-state index in [4.69, 9.17) is 0 Å². The van der Waals surface area contributed by atoms with E-state index >= 15 is 0 Å².